The monoisotopic (exact) mass is 396 g/mol. The van der Waals surface area contributed by atoms with Crippen LogP contribution in [0.1, 0.15) is 28.4 Å². The summed E-state index contributed by atoms with van der Waals surface area (Å²) in [5.41, 5.74) is 2.31. The van der Waals surface area contributed by atoms with E-state index in [-0.39, 0.29) is 5.78 Å². The molecule has 0 fully saturated rings. The summed E-state index contributed by atoms with van der Waals surface area (Å²) in [6.45, 7) is 4.45. The van der Waals surface area contributed by atoms with Gasteiger partial charge in [0, 0.05) is 15.6 Å². The maximum absolute atomic E-state index is 12.5. The number of carbonyl (C=O) groups is 1. The molecule has 0 saturated carbocycles. The van der Waals surface area contributed by atoms with Gasteiger partial charge in [0.1, 0.15) is 5.75 Å². The van der Waals surface area contributed by atoms with Gasteiger partial charge in [-0.05, 0) is 71.7 Å². The van der Waals surface area contributed by atoms with Crippen molar-refractivity contribution in [2.24, 2.45) is 0 Å². The first-order chi connectivity index (χ1) is 9.52. The molecule has 0 amide bonds. The number of benzene rings is 2. The Labute approximate surface area is 135 Å². The molecule has 2 aromatic carbocycles. The number of carbonyl (C=O) groups excluding carboxylic acids is 1. The lowest BCUT2D eigenvalue weighted by atomic mass is 9.99. The van der Waals surface area contributed by atoms with E-state index >= 15 is 0 Å². The molecule has 0 spiro atoms. The van der Waals surface area contributed by atoms with E-state index in [0.717, 1.165) is 20.3 Å². The van der Waals surface area contributed by atoms with E-state index in [0.29, 0.717) is 17.7 Å². The van der Waals surface area contributed by atoms with E-state index < -0.39 is 0 Å². The molecule has 0 atom stereocenters. The highest BCUT2D eigenvalue weighted by atomic mass is 79.9. The molecule has 0 aromatic heterocycles. The third-order valence-electron chi connectivity index (χ3n) is 2.93. The van der Waals surface area contributed by atoms with Crippen molar-refractivity contribution in [3.63, 3.8) is 0 Å². The van der Waals surface area contributed by atoms with Gasteiger partial charge in [0.05, 0.1) is 11.1 Å². The molecule has 2 rings (SSSR count). The van der Waals surface area contributed by atoms with Crippen molar-refractivity contribution in [1.29, 1.82) is 0 Å². The average Bonchev–Trinajstić information content (AvgIpc) is 2.40. The summed E-state index contributed by atoms with van der Waals surface area (Å²) in [6.07, 6.45) is 0. The van der Waals surface area contributed by atoms with Gasteiger partial charge in [-0.1, -0.05) is 15.9 Å². The van der Waals surface area contributed by atoms with Crippen LogP contribution in [0.3, 0.4) is 0 Å². The first-order valence-electron chi connectivity index (χ1n) is 6.26. The quantitative estimate of drug-likeness (QED) is 0.667. The highest BCUT2D eigenvalue weighted by molar-refractivity contribution is 9.10. The molecule has 2 nitrogen and oxygen atoms in total. The molecule has 2 aromatic rings. The van der Waals surface area contributed by atoms with Gasteiger partial charge in [-0.25, -0.2) is 0 Å². The Kier molecular flexibility index (Phi) is 5.00. The Morgan fingerprint density at radius 3 is 2.50 bits per heavy atom. The first kappa shape index (κ1) is 15.3. The predicted octanol–water partition coefficient (Wildman–Crippen LogP) is 5.15. The zero-order valence-corrected chi connectivity index (χ0v) is 14.4. The molecule has 0 N–H and O–H groups in total. The topological polar surface area (TPSA) is 26.3 Å². The number of ketones is 1. The Morgan fingerprint density at radius 2 is 1.90 bits per heavy atom. The lowest BCUT2D eigenvalue weighted by Gasteiger charge is -2.09. The van der Waals surface area contributed by atoms with Gasteiger partial charge in [-0.3, -0.25) is 4.79 Å². The minimum Gasteiger partial charge on any atom is -0.493 e. The molecule has 0 saturated heterocycles. The summed E-state index contributed by atoms with van der Waals surface area (Å²) in [4.78, 5) is 12.5. The van der Waals surface area contributed by atoms with Crippen molar-refractivity contribution in [2.45, 2.75) is 13.8 Å². The number of rotatable bonds is 4. The summed E-state index contributed by atoms with van der Waals surface area (Å²) in [5.74, 6) is 0.760. The van der Waals surface area contributed by atoms with Crippen LogP contribution in [0, 0.1) is 6.92 Å². The largest absolute Gasteiger partial charge is 0.493 e. The molecule has 0 aliphatic heterocycles. The molecule has 0 aliphatic rings. The highest BCUT2D eigenvalue weighted by Gasteiger charge is 2.13. The third-order valence-corrected chi connectivity index (χ3v) is 4.04. The number of hydrogen-bond donors (Lipinski definition) is 0. The van der Waals surface area contributed by atoms with Crippen LogP contribution in [0.2, 0.25) is 0 Å². The predicted molar refractivity (Wildman–Crippen MR) is 87.6 cm³/mol. The lowest BCUT2D eigenvalue weighted by molar-refractivity contribution is 0.103. The molecule has 104 valence electrons. The van der Waals surface area contributed by atoms with Gasteiger partial charge in [-0.2, -0.15) is 0 Å². The van der Waals surface area contributed by atoms with Crippen LogP contribution >= 0.6 is 31.9 Å². The number of ether oxygens (including phenoxy) is 1. The Bertz CT molecular complexity index is 651. The van der Waals surface area contributed by atoms with E-state index in [1.807, 2.05) is 38.1 Å². The maximum Gasteiger partial charge on any atom is 0.193 e. The molecule has 0 unspecified atom stereocenters. The van der Waals surface area contributed by atoms with Crippen LogP contribution in [-0.2, 0) is 0 Å². The fourth-order valence-corrected chi connectivity index (χ4v) is 2.92. The van der Waals surface area contributed by atoms with Crippen molar-refractivity contribution in [3.05, 3.63) is 62.0 Å². The highest BCUT2D eigenvalue weighted by Crippen LogP contribution is 2.27. The van der Waals surface area contributed by atoms with E-state index in [1.54, 1.807) is 12.1 Å². The minimum absolute atomic E-state index is 0.0127. The molecule has 4 heteroatoms. The van der Waals surface area contributed by atoms with Gasteiger partial charge in [-0.15, -0.1) is 0 Å². The number of halogens is 2. The molecule has 20 heavy (non-hydrogen) atoms. The normalized spacial score (nSPS) is 10.4. The minimum atomic E-state index is 0.0127. The van der Waals surface area contributed by atoms with Crippen molar-refractivity contribution in [1.82, 2.24) is 0 Å². The third kappa shape index (κ3) is 3.30. The standard InChI is InChI=1S/C16H14Br2O2/c1-3-20-15-7-4-11(9-14(15)18)16(19)13-6-5-12(17)8-10(13)2/h4-9H,3H2,1-2H3. The Hall–Kier alpha value is -1.13. The van der Waals surface area contributed by atoms with Crippen LogP contribution in [0.15, 0.2) is 45.3 Å². The zero-order valence-electron chi connectivity index (χ0n) is 11.2. The van der Waals surface area contributed by atoms with Gasteiger partial charge in [0.25, 0.3) is 0 Å². The summed E-state index contributed by atoms with van der Waals surface area (Å²) in [7, 11) is 0. The molecular weight excluding hydrogens is 384 g/mol. The summed E-state index contributed by atoms with van der Waals surface area (Å²) < 4.78 is 7.22. The second kappa shape index (κ2) is 6.55. The second-order valence-corrected chi connectivity index (χ2v) is 6.14. The van der Waals surface area contributed by atoms with Gasteiger partial charge >= 0.3 is 0 Å². The van der Waals surface area contributed by atoms with E-state index in [9.17, 15) is 4.79 Å². The number of aryl methyl sites for hydroxylation is 1. The first-order valence-corrected chi connectivity index (χ1v) is 7.84. The zero-order chi connectivity index (χ0) is 14.7. The molecule has 0 aliphatic carbocycles. The average molecular weight is 398 g/mol. The SMILES string of the molecule is CCOc1ccc(C(=O)c2ccc(Br)cc2C)cc1Br. The molecular formula is C16H14Br2O2. The van der Waals surface area contributed by atoms with Crippen molar-refractivity contribution in [2.75, 3.05) is 6.61 Å². The van der Waals surface area contributed by atoms with Crippen LogP contribution in [0.25, 0.3) is 0 Å². The molecule has 0 bridgehead atoms. The van der Waals surface area contributed by atoms with Crippen molar-refractivity contribution >= 4 is 37.6 Å². The van der Waals surface area contributed by atoms with Crippen molar-refractivity contribution < 1.29 is 9.53 Å². The van der Waals surface area contributed by atoms with E-state index in [2.05, 4.69) is 31.9 Å². The van der Waals surface area contributed by atoms with E-state index in [1.165, 1.54) is 0 Å². The number of hydrogen-bond acceptors (Lipinski definition) is 2. The van der Waals surface area contributed by atoms with E-state index in [4.69, 9.17) is 4.74 Å². The Morgan fingerprint density at radius 1 is 1.15 bits per heavy atom. The van der Waals surface area contributed by atoms with Crippen LogP contribution in [-0.4, -0.2) is 12.4 Å². The fourth-order valence-electron chi connectivity index (χ4n) is 1.95. The summed E-state index contributed by atoms with van der Waals surface area (Å²) in [6, 6.07) is 11.1. The molecule has 0 heterocycles. The molecule has 0 radical (unpaired) electrons. The van der Waals surface area contributed by atoms with Crippen LogP contribution in [0.5, 0.6) is 5.75 Å². The lowest BCUT2D eigenvalue weighted by Crippen LogP contribution is -2.04. The van der Waals surface area contributed by atoms with Gasteiger partial charge in [0.15, 0.2) is 5.78 Å². The van der Waals surface area contributed by atoms with Crippen LogP contribution < -0.4 is 4.74 Å². The summed E-state index contributed by atoms with van der Waals surface area (Å²) >= 11 is 6.84. The Balaban J connectivity index is 2.36. The van der Waals surface area contributed by atoms with Gasteiger partial charge < -0.3 is 4.74 Å². The smallest absolute Gasteiger partial charge is 0.193 e. The summed E-state index contributed by atoms with van der Waals surface area (Å²) in [5, 5.41) is 0. The maximum atomic E-state index is 12.5. The fraction of sp³-hybridized carbons (Fsp3) is 0.188. The second-order valence-electron chi connectivity index (χ2n) is 4.37. The van der Waals surface area contributed by atoms with Gasteiger partial charge in [0.2, 0.25) is 0 Å². The van der Waals surface area contributed by atoms with Crippen LogP contribution in [0.4, 0.5) is 0 Å². The van der Waals surface area contributed by atoms with Crippen molar-refractivity contribution in [3.8, 4) is 5.75 Å².